The molecule has 0 saturated carbocycles. The molecule has 0 saturated heterocycles. The summed E-state index contributed by atoms with van der Waals surface area (Å²) in [6.07, 6.45) is -0.952. The molecular weight excluding hydrogens is 377 g/mol. The first-order valence-corrected chi connectivity index (χ1v) is 8.22. The summed E-state index contributed by atoms with van der Waals surface area (Å²) in [5, 5.41) is 0.903. The number of carbonyl (C=O) groups excluding carboxylic acids is 1. The summed E-state index contributed by atoms with van der Waals surface area (Å²) in [5.41, 5.74) is 0.308. The van der Waals surface area contributed by atoms with Crippen LogP contribution in [0, 0.1) is 6.92 Å². The van der Waals surface area contributed by atoms with Crippen LogP contribution in [0.2, 0.25) is 0 Å². The van der Waals surface area contributed by atoms with E-state index in [1.165, 1.54) is 13.8 Å². The lowest BCUT2D eigenvalue weighted by atomic mass is 10.2. The number of carbonyl (C=O) groups is 1. The smallest absolute Gasteiger partial charge is 0.497 e. The number of fused-ring (bicyclic) bond motifs is 1. The molecule has 1 heterocycles. The third-order valence-corrected chi connectivity index (χ3v) is 5.16. The van der Waals surface area contributed by atoms with Gasteiger partial charge in [0.25, 0.3) is 0 Å². The Labute approximate surface area is 155 Å². The van der Waals surface area contributed by atoms with Crippen molar-refractivity contribution in [1.82, 2.24) is 4.57 Å². The van der Waals surface area contributed by atoms with E-state index in [2.05, 4.69) is 0 Å². The zero-order valence-corrected chi connectivity index (χ0v) is 16.2. The van der Waals surface area contributed by atoms with Gasteiger partial charge in [-0.25, -0.2) is 4.79 Å². The molecule has 0 N–H and O–H groups in total. The molecule has 5 nitrogen and oxygen atoms in total. The Bertz CT molecular complexity index is 778. The number of aromatic nitrogens is 1. The lowest BCUT2D eigenvalue weighted by Crippen LogP contribution is -2.42. The minimum Gasteiger partial charge on any atom is -0.497 e. The van der Waals surface area contributed by atoms with Gasteiger partial charge in [0.05, 0.1) is 12.6 Å². The number of hydrogen-bond acceptors (Lipinski definition) is 4. The van der Waals surface area contributed by atoms with Crippen molar-refractivity contribution in [3.63, 3.8) is 0 Å². The molecule has 0 atom stereocenters. The van der Waals surface area contributed by atoms with Crippen molar-refractivity contribution in [2.75, 3.05) is 7.11 Å². The van der Waals surface area contributed by atoms with E-state index < -0.39 is 15.5 Å². The summed E-state index contributed by atoms with van der Waals surface area (Å²) in [6, 6.07) is 5.58. The van der Waals surface area contributed by atoms with Gasteiger partial charge in [0.2, 0.25) is 9.67 Å². The third kappa shape index (κ3) is 3.53. The summed E-state index contributed by atoms with van der Waals surface area (Å²) >= 11 is 17.4. The van der Waals surface area contributed by atoms with Crippen molar-refractivity contribution in [2.24, 2.45) is 7.05 Å². The molecule has 0 spiro atoms. The Hall–Kier alpha value is -1.30. The number of ether oxygens (including phenoxy) is 3. The van der Waals surface area contributed by atoms with Crippen LogP contribution in [0.4, 0.5) is 4.79 Å². The number of aryl methyl sites for hydroxylation is 2. The predicted molar refractivity (Wildman–Crippen MR) is 95.7 cm³/mol. The van der Waals surface area contributed by atoms with Crippen molar-refractivity contribution >= 4 is 51.9 Å². The predicted octanol–water partition coefficient (Wildman–Crippen LogP) is 5.16. The van der Waals surface area contributed by atoms with Crippen molar-refractivity contribution in [3.8, 4) is 11.6 Å². The molecule has 2 rings (SSSR count). The molecule has 132 valence electrons. The number of benzene rings is 1. The van der Waals surface area contributed by atoms with E-state index in [0.29, 0.717) is 11.6 Å². The average Bonchev–Trinajstić information content (AvgIpc) is 2.70. The molecule has 0 amide bonds. The molecule has 0 unspecified atom stereocenters. The van der Waals surface area contributed by atoms with Crippen molar-refractivity contribution in [2.45, 2.75) is 30.2 Å². The Morgan fingerprint density at radius 1 is 1.21 bits per heavy atom. The lowest BCUT2D eigenvalue weighted by molar-refractivity contribution is 0.0100. The van der Waals surface area contributed by atoms with Crippen LogP contribution < -0.4 is 9.47 Å². The molecule has 0 fully saturated rings. The second-order valence-electron chi connectivity index (χ2n) is 5.83. The molecule has 8 heteroatoms. The van der Waals surface area contributed by atoms with E-state index >= 15 is 0 Å². The summed E-state index contributed by atoms with van der Waals surface area (Å²) in [5.74, 6) is 1.06. The van der Waals surface area contributed by atoms with Crippen LogP contribution in [-0.2, 0) is 11.8 Å². The Morgan fingerprint density at radius 3 is 2.38 bits per heavy atom. The standard InChI is InChI=1S/C16H18Cl3NO4/c1-9-11-8-10(22-5)6-7-12(11)20(4)13(9)23-14(21)24-15(2,3)16(17,18)19/h6-8H,1-5H3. The van der Waals surface area contributed by atoms with Crippen molar-refractivity contribution in [1.29, 1.82) is 0 Å². The van der Waals surface area contributed by atoms with Gasteiger partial charge in [0.15, 0.2) is 5.60 Å². The van der Waals surface area contributed by atoms with Gasteiger partial charge in [-0.15, -0.1) is 0 Å². The normalized spacial score (nSPS) is 12.3. The zero-order chi connectivity index (χ0) is 18.3. The molecule has 0 aliphatic carbocycles. The largest absolute Gasteiger partial charge is 0.515 e. The fourth-order valence-electron chi connectivity index (χ4n) is 2.22. The van der Waals surface area contributed by atoms with E-state index in [-0.39, 0.29) is 0 Å². The van der Waals surface area contributed by atoms with Crippen LogP contribution in [0.25, 0.3) is 10.9 Å². The second-order valence-corrected chi connectivity index (χ2v) is 8.12. The highest BCUT2D eigenvalue weighted by Gasteiger charge is 2.44. The molecule has 0 bridgehead atoms. The van der Waals surface area contributed by atoms with E-state index in [1.807, 2.05) is 25.1 Å². The topological polar surface area (TPSA) is 49.7 Å². The highest BCUT2D eigenvalue weighted by molar-refractivity contribution is 6.68. The second kappa shape index (κ2) is 6.54. The third-order valence-electron chi connectivity index (χ3n) is 3.80. The molecule has 24 heavy (non-hydrogen) atoms. The molecule has 1 aromatic heterocycles. The Morgan fingerprint density at radius 2 is 1.83 bits per heavy atom. The fraction of sp³-hybridized carbons (Fsp3) is 0.438. The average molecular weight is 395 g/mol. The zero-order valence-electron chi connectivity index (χ0n) is 13.9. The maximum atomic E-state index is 12.1. The van der Waals surface area contributed by atoms with Gasteiger partial charge < -0.3 is 18.8 Å². The van der Waals surface area contributed by atoms with Gasteiger partial charge in [-0.2, -0.15) is 0 Å². The van der Waals surface area contributed by atoms with Gasteiger partial charge in [-0.3, -0.25) is 0 Å². The number of rotatable bonds is 3. The first-order valence-electron chi connectivity index (χ1n) is 7.08. The van der Waals surface area contributed by atoms with Crippen LogP contribution in [0.3, 0.4) is 0 Å². The SMILES string of the molecule is COc1ccc2c(c1)c(C)c(OC(=O)OC(C)(C)C(Cl)(Cl)Cl)n2C. The van der Waals surface area contributed by atoms with Crippen LogP contribution in [0.5, 0.6) is 11.6 Å². The van der Waals surface area contributed by atoms with Gasteiger partial charge in [-0.1, -0.05) is 34.8 Å². The Balaban J connectivity index is 2.32. The van der Waals surface area contributed by atoms with Crippen LogP contribution in [-0.4, -0.2) is 27.2 Å². The Kier molecular flexibility index (Phi) is 5.19. The summed E-state index contributed by atoms with van der Waals surface area (Å²) in [4.78, 5) is 12.1. The van der Waals surface area contributed by atoms with Crippen molar-refractivity contribution in [3.05, 3.63) is 23.8 Å². The summed E-state index contributed by atoms with van der Waals surface area (Å²) < 4.78 is 15.7. The van der Waals surface area contributed by atoms with E-state index in [9.17, 15) is 4.79 Å². The van der Waals surface area contributed by atoms with E-state index in [0.717, 1.165) is 16.5 Å². The minimum absolute atomic E-state index is 0.350. The number of methoxy groups -OCH3 is 1. The van der Waals surface area contributed by atoms with Crippen LogP contribution in [0.1, 0.15) is 19.4 Å². The first kappa shape index (κ1) is 19.0. The monoisotopic (exact) mass is 393 g/mol. The maximum absolute atomic E-state index is 12.1. The molecular formula is C16H18Cl3NO4. The first-order chi connectivity index (χ1) is 11.0. The van der Waals surface area contributed by atoms with Gasteiger partial charge in [0, 0.05) is 18.0 Å². The van der Waals surface area contributed by atoms with E-state index in [4.69, 9.17) is 49.0 Å². The van der Waals surface area contributed by atoms with Gasteiger partial charge >= 0.3 is 6.16 Å². The number of halogens is 3. The lowest BCUT2D eigenvalue weighted by Gasteiger charge is -2.31. The van der Waals surface area contributed by atoms with Gasteiger partial charge in [-0.05, 0) is 39.0 Å². The minimum atomic E-state index is -1.78. The number of hydrogen-bond donors (Lipinski definition) is 0. The molecule has 0 radical (unpaired) electrons. The number of nitrogens with zero attached hydrogens (tertiary/aromatic N) is 1. The summed E-state index contributed by atoms with van der Waals surface area (Å²) in [7, 11) is 3.37. The fourth-order valence-corrected chi connectivity index (χ4v) is 2.34. The highest BCUT2D eigenvalue weighted by atomic mass is 35.6. The molecule has 1 aromatic carbocycles. The van der Waals surface area contributed by atoms with Gasteiger partial charge in [0.1, 0.15) is 5.75 Å². The quantitative estimate of drug-likeness (QED) is 0.533. The molecule has 0 aliphatic rings. The van der Waals surface area contributed by atoms with Crippen molar-refractivity contribution < 1.29 is 19.0 Å². The van der Waals surface area contributed by atoms with Crippen LogP contribution >= 0.6 is 34.8 Å². The number of alkyl halides is 3. The maximum Gasteiger partial charge on any atom is 0.515 e. The van der Waals surface area contributed by atoms with E-state index in [1.54, 1.807) is 18.7 Å². The molecule has 0 aliphatic heterocycles. The summed E-state index contributed by atoms with van der Waals surface area (Å²) in [6.45, 7) is 4.81. The highest BCUT2D eigenvalue weighted by Crippen LogP contribution is 2.41. The van der Waals surface area contributed by atoms with Crippen LogP contribution in [0.15, 0.2) is 18.2 Å². The molecule has 2 aromatic rings.